The summed E-state index contributed by atoms with van der Waals surface area (Å²) in [6.07, 6.45) is 0. The minimum Gasteiger partial charge on any atom is -0.399 e. The van der Waals surface area contributed by atoms with Gasteiger partial charge in [0.2, 0.25) is 10.0 Å². The molecule has 0 heterocycles. The number of benzene rings is 1. The zero-order chi connectivity index (χ0) is 16.4. The van der Waals surface area contributed by atoms with Gasteiger partial charge >= 0.3 is 0 Å². The number of hydrogen-bond acceptors (Lipinski definition) is 4. The molecule has 120 valence electrons. The molecular weight excluding hydrogens is 286 g/mol. The van der Waals surface area contributed by atoms with Crippen molar-refractivity contribution in [2.24, 2.45) is 22.9 Å². The fraction of sp³-hybridized carbons (Fsp3) is 0.600. The average Bonchev–Trinajstić information content (AvgIpc) is 2.30. The van der Waals surface area contributed by atoms with Crippen LogP contribution in [0.15, 0.2) is 17.0 Å². The van der Waals surface area contributed by atoms with Crippen LogP contribution in [0, 0.1) is 24.7 Å². The number of nitrogens with one attached hydrogen (secondary N) is 1. The van der Waals surface area contributed by atoms with Crippen molar-refractivity contribution in [2.45, 2.75) is 39.5 Å². The van der Waals surface area contributed by atoms with Crippen LogP contribution in [0.4, 0.5) is 11.4 Å². The fourth-order valence-corrected chi connectivity index (χ4v) is 3.49. The van der Waals surface area contributed by atoms with E-state index in [0.29, 0.717) is 29.0 Å². The van der Waals surface area contributed by atoms with Gasteiger partial charge in [-0.05, 0) is 42.4 Å². The van der Waals surface area contributed by atoms with Crippen LogP contribution in [0.1, 0.15) is 33.3 Å². The molecule has 0 radical (unpaired) electrons. The van der Waals surface area contributed by atoms with Crippen molar-refractivity contribution in [3.8, 4) is 0 Å². The number of sulfonamides is 1. The summed E-state index contributed by atoms with van der Waals surface area (Å²) in [6.45, 7) is 11.3. The highest BCUT2D eigenvalue weighted by molar-refractivity contribution is 7.89. The van der Waals surface area contributed by atoms with E-state index in [4.69, 9.17) is 10.9 Å². The van der Waals surface area contributed by atoms with Gasteiger partial charge in [0.15, 0.2) is 0 Å². The standard InChI is InChI=1S/C15H27N3O2S/c1-9(2)13(10(3)4)8-18-14-6-12(16)7-15(11(14)5)21(17,19)20/h6-7,9-10,13,18H,8,16H2,1-5H3,(H2,17,19,20). The smallest absolute Gasteiger partial charge is 0.238 e. The van der Waals surface area contributed by atoms with Crippen LogP contribution in [0.3, 0.4) is 0 Å². The van der Waals surface area contributed by atoms with E-state index < -0.39 is 10.0 Å². The largest absolute Gasteiger partial charge is 0.399 e. The molecule has 0 aliphatic rings. The molecule has 0 bridgehead atoms. The van der Waals surface area contributed by atoms with Gasteiger partial charge in [-0.3, -0.25) is 0 Å². The summed E-state index contributed by atoms with van der Waals surface area (Å²) in [5.74, 6) is 1.57. The number of rotatable bonds is 6. The predicted octanol–water partition coefficient (Wildman–Crippen LogP) is 2.56. The summed E-state index contributed by atoms with van der Waals surface area (Å²) in [5, 5.41) is 8.57. The van der Waals surface area contributed by atoms with E-state index in [1.54, 1.807) is 13.0 Å². The molecule has 0 unspecified atom stereocenters. The highest BCUT2D eigenvalue weighted by Crippen LogP contribution is 2.28. The molecule has 0 fully saturated rings. The van der Waals surface area contributed by atoms with Gasteiger partial charge in [-0.1, -0.05) is 27.7 Å². The summed E-state index contributed by atoms with van der Waals surface area (Å²) in [6, 6.07) is 3.15. The van der Waals surface area contributed by atoms with E-state index in [9.17, 15) is 8.42 Å². The Balaban J connectivity index is 3.07. The second-order valence-corrected chi connectivity index (χ2v) is 7.80. The first-order valence-electron chi connectivity index (χ1n) is 7.20. The highest BCUT2D eigenvalue weighted by Gasteiger charge is 2.19. The molecule has 0 amide bonds. The molecule has 1 aromatic carbocycles. The Labute approximate surface area is 128 Å². The Bertz CT molecular complexity index is 587. The number of nitrogen functional groups attached to an aromatic ring is 1. The zero-order valence-corrected chi connectivity index (χ0v) is 14.3. The lowest BCUT2D eigenvalue weighted by Crippen LogP contribution is -2.25. The molecule has 6 heteroatoms. The lowest BCUT2D eigenvalue weighted by atomic mass is 9.85. The molecule has 0 saturated carbocycles. The third-order valence-electron chi connectivity index (χ3n) is 3.93. The number of nitrogens with two attached hydrogens (primary N) is 2. The summed E-state index contributed by atoms with van der Waals surface area (Å²) in [5.41, 5.74) is 7.51. The molecule has 0 atom stereocenters. The summed E-state index contributed by atoms with van der Waals surface area (Å²) in [7, 11) is -3.77. The van der Waals surface area contributed by atoms with E-state index in [1.807, 2.05) is 0 Å². The first kappa shape index (κ1) is 17.8. The monoisotopic (exact) mass is 313 g/mol. The van der Waals surface area contributed by atoms with Crippen LogP contribution in [0.25, 0.3) is 0 Å². The first-order chi connectivity index (χ1) is 9.54. The van der Waals surface area contributed by atoms with Crippen molar-refractivity contribution in [1.82, 2.24) is 0 Å². The van der Waals surface area contributed by atoms with Gasteiger partial charge in [-0.15, -0.1) is 0 Å². The van der Waals surface area contributed by atoms with Crippen molar-refractivity contribution in [2.75, 3.05) is 17.6 Å². The Morgan fingerprint density at radius 3 is 2.10 bits per heavy atom. The van der Waals surface area contributed by atoms with E-state index in [2.05, 4.69) is 33.0 Å². The van der Waals surface area contributed by atoms with Crippen molar-refractivity contribution >= 4 is 21.4 Å². The first-order valence-corrected chi connectivity index (χ1v) is 8.75. The molecule has 0 saturated heterocycles. The molecule has 0 aromatic heterocycles. The maximum absolute atomic E-state index is 11.6. The number of primary sulfonamides is 1. The lowest BCUT2D eigenvalue weighted by molar-refractivity contribution is 0.304. The summed E-state index contributed by atoms with van der Waals surface area (Å²) in [4.78, 5) is 0.0793. The molecule has 1 rings (SSSR count). The van der Waals surface area contributed by atoms with Crippen molar-refractivity contribution in [3.63, 3.8) is 0 Å². The van der Waals surface area contributed by atoms with Crippen LogP contribution < -0.4 is 16.2 Å². The molecule has 0 aliphatic heterocycles. The van der Waals surface area contributed by atoms with Gasteiger partial charge in [0.05, 0.1) is 4.90 Å². The molecule has 21 heavy (non-hydrogen) atoms. The van der Waals surface area contributed by atoms with Gasteiger partial charge in [-0.2, -0.15) is 0 Å². The minimum atomic E-state index is -3.77. The van der Waals surface area contributed by atoms with Crippen LogP contribution in [0.5, 0.6) is 0 Å². The van der Waals surface area contributed by atoms with Crippen molar-refractivity contribution in [3.05, 3.63) is 17.7 Å². The van der Waals surface area contributed by atoms with Gasteiger partial charge in [0.1, 0.15) is 0 Å². The Morgan fingerprint density at radius 2 is 1.67 bits per heavy atom. The molecule has 5 nitrogen and oxygen atoms in total. The second-order valence-electron chi connectivity index (χ2n) is 6.27. The number of anilines is 2. The zero-order valence-electron chi connectivity index (χ0n) is 13.5. The molecule has 0 spiro atoms. The van der Waals surface area contributed by atoms with Crippen molar-refractivity contribution < 1.29 is 8.42 Å². The summed E-state index contributed by atoms with van der Waals surface area (Å²) < 4.78 is 23.2. The Morgan fingerprint density at radius 1 is 1.14 bits per heavy atom. The maximum atomic E-state index is 11.6. The Hall–Kier alpha value is -1.27. The minimum absolute atomic E-state index is 0.0793. The number of hydrogen-bond donors (Lipinski definition) is 3. The summed E-state index contributed by atoms with van der Waals surface area (Å²) >= 11 is 0. The quantitative estimate of drug-likeness (QED) is 0.703. The third kappa shape index (κ3) is 4.61. The van der Waals surface area contributed by atoms with E-state index in [1.165, 1.54) is 6.07 Å². The molecule has 0 aliphatic carbocycles. The van der Waals surface area contributed by atoms with Crippen LogP contribution in [-0.4, -0.2) is 15.0 Å². The molecule has 5 N–H and O–H groups in total. The predicted molar refractivity (Wildman–Crippen MR) is 88.6 cm³/mol. The molecular formula is C15H27N3O2S. The van der Waals surface area contributed by atoms with Crippen LogP contribution >= 0.6 is 0 Å². The van der Waals surface area contributed by atoms with Gasteiger partial charge in [-0.25, -0.2) is 13.6 Å². The maximum Gasteiger partial charge on any atom is 0.238 e. The lowest BCUT2D eigenvalue weighted by Gasteiger charge is -2.26. The average molecular weight is 313 g/mol. The SMILES string of the molecule is Cc1c(NCC(C(C)C)C(C)C)cc(N)cc1S(N)(=O)=O. The Kier molecular flexibility index (Phi) is 5.64. The van der Waals surface area contributed by atoms with Crippen LogP contribution in [-0.2, 0) is 10.0 Å². The van der Waals surface area contributed by atoms with Crippen molar-refractivity contribution in [1.29, 1.82) is 0 Å². The normalized spacial score (nSPS) is 12.4. The molecule has 1 aromatic rings. The van der Waals surface area contributed by atoms with E-state index in [0.717, 1.165) is 12.2 Å². The van der Waals surface area contributed by atoms with E-state index >= 15 is 0 Å². The van der Waals surface area contributed by atoms with Crippen LogP contribution in [0.2, 0.25) is 0 Å². The van der Waals surface area contributed by atoms with Gasteiger partial charge in [0.25, 0.3) is 0 Å². The third-order valence-corrected chi connectivity index (χ3v) is 4.97. The second kappa shape index (κ2) is 6.66. The topological polar surface area (TPSA) is 98.2 Å². The fourth-order valence-electron chi connectivity index (χ4n) is 2.66. The van der Waals surface area contributed by atoms with E-state index in [-0.39, 0.29) is 4.90 Å². The highest BCUT2D eigenvalue weighted by atomic mass is 32.2. The van der Waals surface area contributed by atoms with Gasteiger partial charge in [0, 0.05) is 17.9 Å². The van der Waals surface area contributed by atoms with Gasteiger partial charge < -0.3 is 11.1 Å².